The van der Waals surface area contributed by atoms with Gasteiger partial charge >= 0.3 is 11.9 Å². The van der Waals surface area contributed by atoms with Crippen molar-refractivity contribution in [2.45, 2.75) is 206 Å². The van der Waals surface area contributed by atoms with Crippen molar-refractivity contribution in [1.29, 1.82) is 0 Å². The number of unbranched alkanes of at least 4 members (excludes halogenated alkanes) is 14. The summed E-state index contributed by atoms with van der Waals surface area (Å²) in [5.74, 6) is -1.32. The number of amides is 1. The van der Waals surface area contributed by atoms with Gasteiger partial charge in [-0.2, -0.15) is 0 Å². The Labute approximate surface area is 356 Å². The van der Waals surface area contributed by atoms with Crippen molar-refractivity contribution < 1.29 is 24.2 Å². The van der Waals surface area contributed by atoms with E-state index in [0.29, 0.717) is 12.8 Å². The fourth-order valence-corrected chi connectivity index (χ4v) is 6.33. The maximum Gasteiger partial charge on any atom is 0.322 e. The average molecular weight is 804 g/mol. The smallest absolute Gasteiger partial charge is 0.322 e. The predicted octanol–water partition coefficient (Wildman–Crippen LogP) is 14.9. The van der Waals surface area contributed by atoms with Crippen LogP contribution in [0.25, 0.3) is 0 Å². The lowest BCUT2D eigenvalue weighted by atomic mass is 10.0. The van der Waals surface area contributed by atoms with E-state index in [9.17, 15) is 14.4 Å². The van der Waals surface area contributed by atoms with E-state index < -0.39 is 5.97 Å². The van der Waals surface area contributed by atoms with Gasteiger partial charge in [0.05, 0.1) is 0 Å². The van der Waals surface area contributed by atoms with Crippen LogP contribution in [0.2, 0.25) is 0 Å². The number of carboxylic acids is 1. The maximum absolute atomic E-state index is 12.8. The normalized spacial score (nSPS) is 13.0. The molecule has 0 aromatic carbocycles. The van der Waals surface area contributed by atoms with Crippen LogP contribution in [0.15, 0.2) is 97.2 Å². The van der Waals surface area contributed by atoms with Gasteiger partial charge in [0.15, 0.2) is 0 Å². The molecule has 0 saturated heterocycles. The molecule has 1 unspecified atom stereocenters. The van der Waals surface area contributed by atoms with Crippen LogP contribution in [0, 0.1) is 0 Å². The largest absolute Gasteiger partial charge is 0.480 e. The highest BCUT2D eigenvalue weighted by molar-refractivity contribution is 5.80. The Balaban J connectivity index is 4.31. The molecular weight excluding hydrogens is 719 g/mol. The predicted molar refractivity (Wildman–Crippen MR) is 249 cm³/mol. The first kappa shape index (κ1) is 54.3. The van der Waals surface area contributed by atoms with Gasteiger partial charge in [0.2, 0.25) is 5.91 Å². The van der Waals surface area contributed by atoms with Crippen LogP contribution in [0.4, 0.5) is 0 Å². The molecule has 0 spiro atoms. The summed E-state index contributed by atoms with van der Waals surface area (Å²) in [4.78, 5) is 35.1. The second-order valence-electron chi connectivity index (χ2n) is 15.3. The second-order valence-corrected chi connectivity index (χ2v) is 15.3. The Kier molecular flexibility index (Phi) is 43.1. The minimum atomic E-state index is -1.03. The van der Waals surface area contributed by atoms with Crippen LogP contribution >= 0.6 is 0 Å². The Bertz CT molecular complexity index is 1200. The third kappa shape index (κ3) is 45.0. The van der Waals surface area contributed by atoms with E-state index in [2.05, 4.69) is 116 Å². The zero-order chi connectivity index (χ0) is 42.3. The van der Waals surface area contributed by atoms with Crippen molar-refractivity contribution in [2.75, 3.05) is 6.54 Å². The number of hydrogen-bond acceptors (Lipinski definition) is 4. The molecule has 0 aliphatic heterocycles. The molecule has 6 heteroatoms. The van der Waals surface area contributed by atoms with E-state index in [1.54, 1.807) is 0 Å². The number of rotatable bonds is 41. The molecular formula is C52H85NO5. The molecule has 0 rings (SSSR count). The Morgan fingerprint density at radius 3 is 1.41 bits per heavy atom. The molecule has 0 fully saturated rings. The molecule has 0 aromatic rings. The monoisotopic (exact) mass is 804 g/mol. The SMILES string of the molecule is CC/C=C\C/C=C\C/C=C\C/C=C\C/C=C\C/C=C\C/C=C\CCCC(=O)OC(CCC/C=C\CCCCCCCCCC)CCCCCCCC(=O)NCC(=O)O. The van der Waals surface area contributed by atoms with Crippen molar-refractivity contribution >= 4 is 17.8 Å². The number of nitrogens with one attached hydrogen (secondary N) is 1. The van der Waals surface area contributed by atoms with Crippen LogP contribution in [-0.2, 0) is 19.1 Å². The number of carboxylic acid groups (broad SMARTS) is 1. The number of hydrogen-bond donors (Lipinski definition) is 2. The second kappa shape index (κ2) is 46.0. The van der Waals surface area contributed by atoms with Gasteiger partial charge in [-0.1, -0.05) is 175 Å². The fraction of sp³-hybridized carbons (Fsp3) is 0.635. The molecule has 0 bridgehead atoms. The molecule has 6 nitrogen and oxygen atoms in total. The number of esters is 1. The van der Waals surface area contributed by atoms with Crippen LogP contribution in [-0.4, -0.2) is 35.6 Å². The first-order chi connectivity index (χ1) is 28.5. The van der Waals surface area contributed by atoms with Gasteiger partial charge in [0, 0.05) is 12.8 Å². The van der Waals surface area contributed by atoms with Gasteiger partial charge in [-0.3, -0.25) is 14.4 Å². The molecule has 0 aromatic heterocycles. The number of allylic oxidation sites excluding steroid dienone is 16. The van der Waals surface area contributed by atoms with Gasteiger partial charge in [-0.25, -0.2) is 0 Å². The van der Waals surface area contributed by atoms with Gasteiger partial charge in [0.25, 0.3) is 0 Å². The number of aliphatic carboxylic acids is 1. The molecule has 328 valence electrons. The Morgan fingerprint density at radius 1 is 0.466 bits per heavy atom. The Morgan fingerprint density at radius 2 is 0.879 bits per heavy atom. The van der Waals surface area contributed by atoms with Crippen LogP contribution < -0.4 is 5.32 Å². The summed E-state index contributed by atoms with van der Waals surface area (Å²) in [7, 11) is 0. The van der Waals surface area contributed by atoms with Crippen LogP contribution in [0.3, 0.4) is 0 Å². The summed E-state index contributed by atoms with van der Waals surface area (Å²) in [5.41, 5.74) is 0. The molecule has 0 radical (unpaired) electrons. The highest BCUT2D eigenvalue weighted by atomic mass is 16.5. The summed E-state index contributed by atoms with van der Waals surface area (Å²) in [5, 5.41) is 11.1. The highest BCUT2D eigenvalue weighted by Crippen LogP contribution is 2.17. The zero-order valence-electron chi connectivity index (χ0n) is 37.1. The lowest BCUT2D eigenvalue weighted by molar-refractivity contribution is -0.150. The molecule has 0 saturated carbocycles. The first-order valence-corrected chi connectivity index (χ1v) is 23.4. The van der Waals surface area contributed by atoms with Gasteiger partial charge in [-0.15, -0.1) is 0 Å². The van der Waals surface area contributed by atoms with Crippen molar-refractivity contribution in [3.8, 4) is 0 Å². The van der Waals surface area contributed by atoms with Gasteiger partial charge < -0.3 is 15.2 Å². The fourth-order valence-electron chi connectivity index (χ4n) is 6.33. The highest BCUT2D eigenvalue weighted by Gasteiger charge is 2.14. The van der Waals surface area contributed by atoms with E-state index in [1.807, 2.05) is 0 Å². The maximum atomic E-state index is 12.8. The summed E-state index contributed by atoms with van der Waals surface area (Å²) in [6.45, 7) is 4.10. The van der Waals surface area contributed by atoms with E-state index in [-0.39, 0.29) is 24.5 Å². The van der Waals surface area contributed by atoms with Crippen molar-refractivity contribution in [2.24, 2.45) is 0 Å². The summed E-state index contributed by atoms with van der Waals surface area (Å²) in [6.07, 6.45) is 65.4. The third-order valence-corrected chi connectivity index (χ3v) is 9.74. The average Bonchev–Trinajstić information content (AvgIpc) is 3.21. The standard InChI is InChI=1S/C52H85NO5/c1-3-5-7-9-11-13-15-17-18-19-20-21-22-23-24-25-26-28-30-32-34-39-43-47-52(57)58-49(45-41-37-35-38-42-46-50(54)53-48-51(55)56)44-40-36-33-31-29-27-16-14-12-10-8-6-4-2/h5,7,11,13,17-18,20-21,23-24,26,28,31-34,49H,3-4,6,8-10,12,14-16,19,22,25,27,29-30,35-48H2,1-2H3,(H,53,54)(H,55,56)/b7-5-,13-11-,18-17-,21-20-,24-23-,28-26-,33-31-,34-32-. The van der Waals surface area contributed by atoms with Crippen molar-refractivity contribution in [3.05, 3.63) is 97.2 Å². The van der Waals surface area contributed by atoms with Crippen LogP contribution in [0.5, 0.6) is 0 Å². The molecule has 1 amide bonds. The van der Waals surface area contributed by atoms with Gasteiger partial charge in [0.1, 0.15) is 12.6 Å². The topological polar surface area (TPSA) is 92.7 Å². The molecule has 0 aliphatic rings. The molecule has 2 N–H and O–H groups in total. The summed E-state index contributed by atoms with van der Waals surface area (Å²) in [6, 6.07) is 0. The zero-order valence-corrected chi connectivity index (χ0v) is 37.1. The van der Waals surface area contributed by atoms with E-state index in [4.69, 9.17) is 9.84 Å². The van der Waals surface area contributed by atoms with Crippen LogP contribution in [0.1, 0.15) is 200 Å². The first-order valence-electron chi connectivity index (χ1n) is 23.4. The molecule has 1 atom stereocenters. The quantitative estimate of drug-likeness (QED) is 0.0365. The van der Waals surface area contributed by atoms with E-state index in [1.165, 1.54) is 51.4 Å². The number of ether oxygens (including phenoxy) is 1. The van der Waals surface area contributed by atoms with E-state index >= 15 is 0 Å². The molecule has 58 heavy (non-hydrogen) atoms. The van der Waals surface area contributed by atoms with E-state index in [0.717, 1.165) is 122 Å². The number of carbonyl (C=O) groups is 3. The lowest BCUT2D eigenvalue weighted by Gasteiger charge is -2.18. The lowest BCUT2D eigenvalue weighted by Crippen LogP contribution is -2.28. The number of carbonyl (C=O) groups excluding carboxylic acids is 2. The summed E-state index contributed by atoms with van der Waals surface area (Å²) < 4.78 is 6.00. The molecule has 0 heterocycles. The minimum absolute atomic E-state index is 0.0425. The minimum Gasteiger partial charge on any atom is -0.480 e. The van der Waals surface area contributed by atoms with Crippen molar-refractivity contribution in [1.82, 2.24) is 5.32 Å². The Hall–Kier alpha value is -3.67. The molecule has 0 aliphatic carbocycles. The van der Waals surface area contributed by atoms with Gasteiger partial charge in [-0.05, 0) is 109 Å². The summed E-state index contributed by atoms with van der Waals surface area (Å²) >= 11 is 0. The third-order valence-electron chi connectivity index (χ3n) is 9.74. The van der Waals surface area contributed by atoms with Crippen molar-refractivity contribution in [3.63, 3.8) is 0 Å².